The van der Waals surface area contributed by atoms with E-state index in [1.54, 1.807) is 18.2 Å². The van der Waals surface area contributed by atoms with E-state index < -0.39 is 5.97 Å². The number of carbonyl (C=O) groups is 1. The summed E-state index contributed by atoms with van der Waals surface area (Å²) in [6.07, 6.45) is 0.994. The quantitative estimate of drug-likeness (QED) is 0.742. The highest BCUT2D eigenvalue weighted by Crippen LogP contribution is 2.29. The number of fused-ring (bicyclic) bond motifs is 1. The highest BCUT2D eigenvalue weighted by atomic mass is 32.2. The first-order valence-corrected chi connectivity index (χ1v) is 7.87. The molecule has 1 heterocycles. The van der Waals surface area contributed by atoms with Crippen molar-refractivity contribution in [1.82, 2.24) is 4.98 Å². The second-order valence-corrected chi connectivity index (χ2v) is 6.01. The highest BCUT2D eigenvalue weighted by Gasteiger charge is 2.08. The minimum absolute atomic E-state index is 0.179. The number of hydrogen-bond acceptors (Lipinski definition) is 4. The molecular formula is C18H14NO2S-. The van der Waals surface area contributed by atoms with Gasteiger partial charge in [0.15, 0.2) is 0 Å². The summed E-state index contributed by atoms with van der Waals surface area (Å²) in [6.45, 7) is 2.11. The minimum Gasteiger partial charge on any atom is -0.545 e. The van der Waals surface area contributed by atoms with Crippen molar-refractivity contribution in [2.75, 3.05) is 0 Å². The molecule has 0 bridgehead atoms. The number of aromatic nitrogens is 1. The zero-order valence-electron chi connectivity index (χ0n) is 12.1. The van der Waals surface area contributed by atoms with Gasteiger partial charge in [0.05, 0.1) is 11.5 Å². The van der Waals surface area contributed by atoms with Gasteiger partial charge in [-0.1, -0.05) is 49.0 Å². The molecule has 0 aliphatic carbocycles. The molecule has 3 aromatic rings. The van der Waals surface area contributed by atoms with Crippen molar-refractivity contribution in [3.8, 4) is 0 Å². The maximum absolute atomic E-state index is 11.4. The van der Waals surface area contributed by atoms with E-state index in [9.17, 15) is 9.90 Å². The Morgan fingerprint density at radius 2 is 1.86 bits per heavy atom. The van der Waals surface area contributed by atoms with Gasteiger partial charge in [0, 0.05) is 15.8 Å². The van der Waals surface area contributed by atoms with E-state index >= 15 is 0 Å². The Balaban J connectivity index is 2.01. The van der Waals surface area contributed by atoms with Gasteiger partial charge in [-0.2, -0.15) is 0 Å². The number of nitrogens with zero attached hydrogens (tertiary/aromatic N) is 1. The molecule has 1 aromatic heterocycles. The van der Waals surface area contributed by atoms with Crippen LogP contribution in [-0.2, 0) is 6.42 Å². The first kappa shape index (κ1) is 14.6. The molecule has 0 saturated carbocycles. The maximum Gasteiger partial charge on any atom is 0.102 e. The van der Waals surface area contributed by atoms with E-state index in [0.29, 0.717) is 15.9 Å². The van der Waals surface area contributed by atoms with E-state index in [1.165, 1.54) is 17.3 Å². The summed E-state index contributed by atoms with van der Waals surface area (Å²) in [5.41, 5.74) is 2.11. The van der Waals surface area contributed by atoms with Gasteiger partial charge in [-0.3, -0.25) is 0 Å². The van der Waals surface area contributed by atoms with Crippen LogP contribution in [0, 0.1) is 0 Å². The summed E-state index contributed by atoms with van der Waals surface area (Å²) in [5.74, 6) is -1.18. The van der Waals surface area contributed by atoms with Crippen LogP contribution in [0.1, 0.15) is 22.8 Å². The van der Waals surface area contributed by atoms with Crippen LogP contribution in [0.25, 0.3) is 10.9 Å². The Morgan fingerprint density at radius 3 is 2.55 bits per heavy atom. The van der Waals surface area contributed by atoms with Crippen LogP contribution >= 0.6 is 11.8 Å². The number of carboxylic acid groups (broad SMARTS) is 1. The monoisotopic (exact) mass is 308 g/mol. The molecular weight excluding hydrogens is 294 g/mol. The number of carboxylic acids is 1. The number of benzene rings is 2. The number of aromatic carboxylic acids is 1. The van der Waals surface area contributed by atoms with Crippen LogP contribution in [0.5, 0.6) is 0 Å². The van der Waals surface area contributed by atoms with Gasteiger partial charge in [0.1, 0.15) is 5.03 Å². The maximum atomic E-state index is 11.4. The summed E-state index contributed by atoms with van der Waals surface area (Å²) in [5, 5.41) is 12.6. The Hall–Kier alpha value is -2.33. The van der Waals surface area contributed by atoms with Gasteiger partial charge < -0.3 is 9.90 Å². The zero-order chi connectivity index (χ0) is 15.5. The third kappa shape index (κ3) is 2.97. The van der Waals surface area contributed by atoms with Crippen molar-refractivity contribution in [1.29, 1.82) is 0 Å². The van der Waals surface area contributed by atoms with Gasteiger partial charge in [0.2, 0.25) is 0 Å². The number of pyridine rings is 1. The Kier molecular flexibility index (Phi) is 4.11. The first-order chi connectivity index (χ1) is 10.7. The molecule has 3 rings (SSSR count). The number of para-hydroxylation sites is 1. The van der Waals surface area contributed by atoms with E-state index in [-0.39, 0.29) is 5.56 Å². The molecule has 0 aliphatic heterocycles. The lowest BCUT2D eigenvalue weighted by atomic mass is 10.1. The third-order valence-corrected chi connectivity index (χ3v) is 4.39. The van der Waals surface area contributed by atoms with Gasteiger partial charge in [-0.15, -0.1) is 0 Å². The van der Waals surface area contributed by atoms with E-state index in [2.05, 4.69) is 24.0 Å². The van der Waals surface area contributed by atoms with Crippen molar-refractivity contribution in [3.05, 3.63) is 65.7 Å². The SMILES string of the molecule is CCc1ccc(Sc2cc(C(=O)[O-])c3ccccc3n2)cc1. The molecule has 2 aromatic carbocycles. The van der Waals surface area contributed by atoms with E-state index in [4.69, 9.17) is 0 Å². The molecule has 0 N–H and O–H groups in total. The van der Waals surface area contributed by atoms with Crippen molar-refractivity contribution < 1.29 is 9.90 Å². The van der Waals surface area contributed by atoms with Crippen LogP contribution in [-0.4, -0.2) is 11.0 Å². The molecule has 4 heteroatoms. The highest BCUT2D eigenvalue weighted by molar-refractivity contribution is 7.99. The molecule has 0 saturated heterocycles. The number of aryl methyl sites for hydroxylation is 1. The average molecular weight is 308 g/mol. The van der Waals surface area contributed by atoms with Gasteiger partial charge in [-0.05, 0) is 36.2 Å². The zero-order valence-corrected chi connectivity index (χ0v) is 12.9. The third-order valence-electron chi connectivity index (χ3n) is 3.47. The molecule has 0 fully saturated rings. The topological polar surface area (TPSA) is 53.0 Å². The lowest BCUT2D eigenvalue weighted by Crippen LogP contribution is -2.22. The summed E-state index contributed by atoms with van der Waals surface area (Å²) in [7, 11) is 0. The summed E-state index contributed by atoms with van der Waals surface area (Å²) < 4.78 is 0. The number of rotatable bonds is 4. The van der Waals surface area contributed by atoms with Crippen LogP contribution in [0.2, 0.25) is 0 Å². The van der Waals surface area contributed by atoms with Crippen molar-refractivity contribution in [2.45, 2.75) is 23.3 Å². The van der Waals surface area contributed by atoms with Gasteiger partial charge >= 0.3 is 0 Å². The van der Waals surface area contributed by atoms with Crippen LogP contribution in [0.3, 0.4) is 0 Å². The van der Waals surface area contributed by atoms with Gasteiger partial charge in [0.25, 0.3) is 0 Å². The molecule has 110 valence electrons. The second kappa shape index (κ2) is 6.20. The molecule has 22 heavy (non-hydrogen) atoms. The smallest absolute Gasteiger partial charge is 0.102 e. The normalized spacial score (nSPS) is 10.8. The molecule has 0 spiro atoms. The lowest BCUT2D eigenvalue weighted by molar-refractivity contribution is -0.254. The molecule has 0 unspecified atom stereocenters. The lowest BCUT2D eigenvalue weighted by Gasteiger charge is -2.10. The average Bonchev–Trinajstić information content (AvgIpc) is 2.54. The second-order valence-electron chi connectivity index (χ2n) is 4.91. The van der Waals surface area contributed by atoms with Gasteiger partial charge in [-0.25, -0.2) is 4.98 Å². The van der Waals surface area contributed by atoms with E-state index in [0.717, 1.165) is 11.3 Å². The fourth-order valence-corrected chi connectivity index (χ4v) is 3.12. The fourth-order valence-electron chi connectivity index (χ4n) is 2.29. The summed E-state index contributed by atoms with van der Waals surface area (Å²) >= 11 is 1.45. The fraction of sp³-hybridized carbons (Fsp3) is 0.111. The molecule has 0 amide bonds. The number of hydrogen-bond donors (Lipinski definition) is 0. The summed E-state index contributed by atoms with van der Waals surface area (Å²) in [6, 6.07) is 17.0. The largest absolute Gasteiger partial charge is 0.545 e. The first-order valence-electron chi connectivity index (χ1n) is 7.05. The predicted molar refractivity (Wildman–Crippen MR) is 86.0 cm³/mol. The molecule has 3 nitrogen and oxygen atoms in total. The Labute approximate surface area is 133 Å². The van der Waals surface area contributed by atoms with Crippen molar-refractivity contribution in [3.63, 3.8) is 0 Å². The summed E-state index contributed by atoms with van der Waals surface area (Å²) in [4.78, 5) is 16.9. The molecule has 0 aliphatic rings. The Morgan fingerprint density at radius 1 is 1.14 bits per heavy atom. The van der Waals surface area contributed by atoms with Crippen LogP contribution in [0.15, 0.2) is 64.5 Å². The molecule has 0 atom stereocenters. The minimum atomic E-state index is -1.18. The predicted octanol–water partition coefficient (Wildman–Crippen LogP) is 3.31. The van der Waals surface area contributed by atoms with Crippen LogP contribution in [0.4, 0.5) is 0 Å². The van der Waals surface area contributed by atoms with Crippen molar-refractivity contribution in [2.24, 2.45) is 0 Å². The van der Waals surface area contributed by atoms with Crippen molar-refractivity contribution >= 4 is 28.6 Å². The molecule has 0 radical (unpaired) electrons. The Bertz CT molecular complexity index is 828. The van der Waals surface area contributed by atoms with E-state index in [1.807, 2.05) is 24.3 Å². The number of carbonyl (C=O) groups excluding carboxylic acids is 1. The van der Waals surface area contributed by atoms with Crippen LogP contribution < -0.4 is 5.11 Å². The standard InChI is InChI=1S/C18H15NO2S/c1-2-12-7-9-13(10-8-12)22-17-11-15(18(20)21)14-5-3-4-6-16(14)19-17/h3-11H,2H2,1H3,(H,20,21)/p-1.